The zero-order valence-electron chi connectivity index (χ0n) is 10.7. The summed E-state index contributed by atoms with van der Waals surface area (Å²) >= 11 is 0. The smallest absolute Gasteiger partial charge is 0.314 e. The Morgan fingerprint density at radius 1 is 1.33 bits per heavy atom. The van der Waals surface area contributed by atoms with E-state index in [1.165, 1.54) is 6.07 Å². The number of hydrogen-bond donors (Lipinski definition) is 1. The predicted molar refractivity (Wildman–Crippen MR) is 67.0 cm³/mol. The Hall–Kier alpha value is -2.71. The molecular formula is C12H9F3N4O2. The molecule has 1 N–H and O–H groups in total. The molecule has 110 valence electrons. The number of aromatic nitrogens is 2. The first-order valence-electron chi connectivity index (χ1n) is 5.77. The summed E-state index contributed by atoms with van der Waals surface area (Å²) in [4.78, 5) is 16.9. The van der Waals surface area contributed by atoms with Gasteiger partial charge in [-0.2, -0.15) is 9.37 Å². The Morgan fingerprint density at radius 2 is 2.05 bits per heavy atom. The molecule has 0 aliphatic heterocycles. The van der Waals surface area contributed by atoms with Gasteiger partial charge < -0.3 is 5.32 Å². The largest absolute Gasteiger partial charge is 0.356 e. The van der Waals surface area contributed by atoms with Crippen LogP contribution in [0.1, 0.15) is 18.7 Å². The summed E-state index contributed by atoms with van der Waals surface area (Å²) in [6, 6.07) is 2.34. The number of halogens is 3. The van der Waals surface area contributed by atoms with Gasteiger partial charge in [0.05, 0.1) is 28.9 Å². The highest BCUT2D eigenvalue weighted by molar-refractivity contribution is 5.56. The summed E-state index contributed by atoms with van der Waals surface area (Å²) in [5, 5.41) is 13.4. The molecule has 6 nitrogen and oxygen atoms in total. The highest BCUT2D eigenvalue weighted by Crippen LogP contribution is 2.27. The summed E-state index contributed by atoms with van der Waals surface area (Å²) < 4.78 is 38.9. The van der Waals surface area contributed by atoms with Crippen molar-refractivity contribution in [1.82, 2.24) is 9.97 Å². The van der Waals surface area contributed by atoms with Crippen molar-refractivity contribution in [3.8, 4) is 0 Å². The van der Waals surface area contributed by atoms with Crippen LogP contribution in [0, 0.1) is 27.7 Å². The second-order valence-electron chi connectivity index (χ2n) is 4.15. The van der Waals surface area contributed by atoms with E-state index >= 15 is 0 Å². The summed E-state index contributed by atoms with van der Waals surface area (Å²) in [6.45, 7) is 1.56. The maximum atomic E-state index is 13.1. The lowest BCUT2D eigenvalue weighted by molar-refractivity contribution is -0.384. The molecule has 0 radical (unpaired) electrons. The van der Waals surface area contributed by atoms with E-state index in [1.54, 1.807) is 6.92 Å². The number of nitrogens with zero attached hydrogens (tertiary/aromatic N) is 3. The van der Waals surface area contributed by atoms with Crippen LogP contribution in [-0.2, 0) is 0 Å². The molecule has 0 saturated heterocycles. The first-order valence-corrected chi connectivity index (χ1v) is 5.77. The third-order valence-corrected chi connectivity index (χ3v) is 2.66. The molecule has 0 bridgehead atoms. The van der Waals surface area contributed by atoms with E-state index in [2.05, 4.69) is 15.3 Å². The second-order valence-corrected chi connectivity index (χ2v) is 4.15. The molecule has 0 saturated carbocycles. The maximum absolute atomic E-state index is 13.1. The van der Waals surface area contributed by atoms with Crippen LogP contribution < -0.4 is 5.32 Å². The Labute approximate surface area is 116 Å². The number of anilines is 1. The number of nitrogens with one attached hydrogen (secondary N) is 1. The number of rotatable bonds is 4. The van der Waals surface area contributed by atoms with E-state index in [4.69, 9.17) is 0 Å². The highest BCUT2D eigenvalue weighted by Gasteiger charge is 2.22. The number of hydrogen-bond acceptors (Lipinski definition) is 5. The van der Waals surface area contributed by atoms with Crippen molar-refractivity contribution in [1.29, 1.82) is 0 Å². The molecule has 0 aromatic carbocycles. The van der Waals surface area contributed by atoms with Crippen molar-refractivity contribution in [3.63, 3.8) is 0 Å². The van der Waals surface area contributed by atoms with Crippen molar-refractivity contribution in [2.45, 2.75) is 13.0 Å². The van der Waals surface area contributed by atoms with Gasteiger partial charge in [-0.1, -0.05) is 0 Å². The third-order valence-electron chi connectivity index (χ3n) is 2.66. The zero-order valence-corrected chi connectivity index (χ0v) is 10.7. The van der Waals surface area contributed by atoms with Crippen LogP contribution in [0.4, 0.5) is 24.7 Å². The van der Waals surface area contributed by atoms with Gasteiger partial charge in [-0.05, 0) is 19.1 Å². The molecule has 0 aliphatic rings. The van der Waals surface area contributed by atoms with E-state index in [9.17, 15) is 23.3 Å². The standard InChI is InChI=1S/C12H9F3N4O2/c1-6(9-3-2-7(13)5-16-9)17-12-10(19(20)21)4-8(14)11(15)18-12/h2-6H,1H3,(H,17,18). The number of pyridine rings is 2. The molecule has 0 fully saturated rings. The molecule has 0 aliphatic carbocycles. The average molecular weight is 298 g/mol. The van der Waals surface area contributed by atoms with Crippen molar-refractivity contribution in [3.05, 3.63) is 57.8 Å². The van der Waals surface area contributed by atoms with Gasteiger partial charge >= 0.3 is 5.69 Å². The second kappa shape index (κ2) is 5.73. The van der Waals surface area contributed by atoms with E-state index < -0.39 is 40.1 Å². The minimum Gasteiger partial charge on any atom is -0.356 e. The normalized spacial score (nSPS) is 12.0. The molecule has 2 aromatic rings. The third kappa shape index (κ3) is 3.25. The summed E-state index contributed by atoms with van der Waals surface area (Å²) in [6.07, 6.45) is 0.973. The van der Waals surface area contributed by atoms with E-state index in [0.717, 1.165) is 12.3 Å². The molecule has 0 spiro atoms. The van der Waals surface area contributed by atoms with Crippen LogP contribution in [0.15, 0.2) is 24.4 Å². The summed E-state index contributed by atoms with van der Waals surface area (Å²) in [5.41, 5.74) is -0.347. The Balaban J connectivity index is 2.32. The van der Waals surface area contributed by atoms with Gasteiger partial charge in [-0.15, -0.1) is 0 Å². The van der Waals surface area contributed by atoms with Gasteiger partial charge in [0.25, 0.3) is 5.95 Å². The van der Waals surface area contributed by atoms with Crippen LogP contribution in [-0.4, -0.2) is 14.9 Å². The molecule has 21 heavy (non-hydrogen) atoms. The van der Waals surface area contributed by atoms with E-state index in [1.807, 2.05) is 0 Å². The van der Waals surface area contributed by atoms with Crippen molar-refractivity contribution >= 4 is 11.5 Å². The van der Waals surface area contributed by atoms with Gasteiger partial charge in [0, 0.05) is 0 Å². The Kier molecular flexibility index (Phi) is 4.01. The van der Waals surface area contributed by atoms with Crippen LogP contribution in [0.5, 0.6) is 0 Å². The van der Waals surface area contributed by atoms with Crippen molar-refractivity contribution in [2.75, 3.05) is 5.32 Å². The minimum atomic E-state index is -1.46. The highest BCUT2D eigenvalue weighted by atomic mass is 19.2. The summed E-state index contributed by atoms with van der Waals surface area (Å²) in [7, 11) is 0. The SMILES string of the molecule is CC(Nc1nc(F)c(F)cc1[N+](=O)[O-])c1ccc(F)cn1. The lowest BCUT2D eigenvalue weighted by atomic mass is 10.2. The monoisotopic (exact) mass is 298 g/mol. The van der Waals surface area contributed by atoms with Gasteiger partial charge in [-0.25, -0.2) is 8.78 Å². The predicted octanol–water partition coefficient (Wildman–Crippen LogP) is 2.98. The van der Waals surface area contributed by atoms with Gasteiger partial charge in [0.1, 0.15) is 5.82 Å². The fourth-order valence-corrected chi connectivity index (χ4v) is 1.62. The van der Waals surface area contributed by atoms with Gasteiger partial charge in [-0.3, -0.25) is 15.1 Å². The topological polar surface area (TPSA) is 81.0 Å². The van der Waals surface area contributed by atoms with E-state index in [0.29, 0.717) is 11.8 Å². The first-order chi connectivity index (χ1) is 9.88. The fourth-order valence-electron chi connectivity index (χ4n) is 1.62. The Morgan fingerprint density at radius 3 is 2.62 bits per heavy atom. The lowest BCUT2D eigenvalue weighted by Crippen LogP contribution is -2.12. The molecule has 2 aromatic heterocycles. The van der Waals surface area contributed by atoms with Crippen molar-refractivity contribution < 1.29 is 18.1 Å². The zero-order chi connectivity index (χ0) is 15.6. The van der Waals surface area contributed by atoms with Crippen LogP contribution in [0.2, 0.25) is 0 Å². The lowest BCUT2D eigenvalue weighted by Gasteiger charge is -2.14. The first kappa shape index (κ1) is 14.7. The van der Waals surface area contributed by atoms with Crippen LogP contribution >= 0.6 is 0 Å². The van der Waals surface area contributed by atoms with E-state index in [-0.39, 0.29) is 0 Å². The van der Waals surface area contributed by atoms with Crippen molar-refractivity contribution in [2.24, 2.45) is 0 Å². The molecule has 1 unspecified atom stereocenters. The average Bonchev–Trinajstić information content (AvgIpc) is 2.43. The quantitative estimate of drug-likeness (QED) is 0.533. The van der Waals surface area contributed by atoms with Gasteiger partial charge in [0.15, 0.2) is 5.82 Å². The fraction of sp³-hybridized carbons (Fsp3) is 0.167. The van der Waals surface area contributed by atoms with Gasteiger partial charge in [0.2, 0.25) is 5.82 Å². The molecular weight excluding hydrogens is 289 g/mol. The number of nitro groups is 1. The maximum Gasteiger partial charge on any atom is 0.314 e. The van der Waals surface area contributed by atoms with Crippen LogP contribution in [0.3, 0.4) is 0 Å². The molecule has 0 amide bonds. The van der Waals surface area contributed by atoms with Crippen LogP contribution in [0.25, 0.3) is 0 Å². The summed E-state index contributed by atoms with van der Waals surface area (Å²) in [5.74, 6) is -3.84. The molecule has 2 heterocycles. The Bertz CT molecular complexity index is 679. The minimum absolute atomic E-state index is 0.359. The molecule has 1 atom stereocenters. The molecule has 2 rings (SSSR count). The molecule has 9 heteroatoms.